The molecule has 1 saturated heterocycles. The lowest BCUT2D eigenvalue weighted by Gasteiger charge is -2.17. The molecule has 96 valence electrons. The summed E-state index contributed by atoms with van der Waals surface area (Å²) < 4.78 is 5.56. The molecule has 3 nitrogen and oxygen atoms in total. The van der Waals surface area contributed by atoms with E-state index in [0.717, 1.165) is 24.7 Å². The number of hydrogen-bond donors (Lipinski definition) is 1. The van der Waals surface area contributed by atoms with Crippen LogP contribution < -0.4 is 5.32 Å². The van der Waals surface area contributed by atoms with Gasteiger partial charge in [-0.2, -0.15) is 0 Å². The van der Waals surface area contributed by atoms with Crippen molar-refractivity contribution in [2.45, 2.75) is 30.7 Å². The van der Waals surface area contributed by atoms with Gasteiger partial charge in [0.05, 0.1) is 23.9 Å². The van der Waals surface area contributed by atoms with Crippen molar-refractivity contribution in [1.82, 2.24) is 5.32 Å². The average Bonchev–Trinajstić information content (AvgIpc) is 3.02. The number of rotatable bonds is 2. The number of nitrogens with one attached hydrogen (secondary N) is 1. The minimum Gasteiger partial charge on any atom is -0.376 e. The Bertz CT molecular complexity index is 435. The standard InChI is InChI=1S/C14H18N2OS/c1-10-12(7-8-17-10)16-14-15-9-13(18-14)11-5-3-2-4-6-11/h2-6,10,12-13H,7-9H2,1H3,(H,15,16). The van der Waals surface area contributed by atoms with E-state index in [1.165, 1.54) is 5.56 Å². The van der Waals surface area contributed by atoms with Crippen molar-refractivity contribution in [3.8, 4) is 0 Å². The highest BCUT2D eigenvalue weighted by Gasteiger charge is 2.28. The Balaban J connectivity index is 1.58. The molecule has 2 aliphatic heterocycles. The number of nitrogens with zero attached hydrogens (tertiary/aromatic N) is 1. The second-order valence-electron chi connectivity index (χ2n) is 4.78. The quantitative estimate of drug-likeness (QED) is 0.889. The van der Waals surface area contributed by atoms with Crippen LogP contribution in [0, 0.1) is 0 Å². The number of amidine groups is 1. The first kappa shape index (κ1) is 12.1. The van der Waals surface area contributed by atoms with E-state index in [2.05, 4.69) is 47.6 Å². The zero-order chi connectivity index (χ0) is 12.4. The van der Waals surface area contributed by atoms with E-state index in [1.54, 1.807) is 0 Å². The van der Waals surface area contributed by atoms with Gasteiger partial charge in [0.1, 0.15) is 0 Å². The third-order valence-electron chi connectivity index (χ3n) is 3.51. The van der Waals surface area contributed by atoms with Crippen LogP contribution in [-0.4, -0.2) is 30.5 Å². The SMILES string of the molecule is CC1OCCC1NC1=NCC(c2ccccc2)S1. The van der Waals surface area contributed by atoms with Crippen molar-refractivity contribution >= 4 is 16.9 Å². The lowest BCUT2D eigenvalue weighted by atomic mass is 10.1. The third-order valence-corrected chi connectivity index (χ3v) is 4.69. The Morgan fingerprint density at radius 1 is 1.33 bits per heavy atom. The molecule has 3 atom stereocenters. The van der Waals surface area contributed by atoms with Crippen LogP contribution in [0.2, 0.25) is 0 Å². The zero-order valence-corrected chi connectivity index (χ0v) is 11.3. The number of thioether (sulfide) groups is 1. The second-order valence-corrected chi connectivity index (χ2v) is 5.97. The van der Waals surface area contributed by atoms with E-state index >= 15 is 0 Å². The van der Waals surface area contributed by atoms with Crippen LogP contribution in [0.25, 0.3) is 0 Å². The molecule has 0 saturated carbocycles. The average molecular weight is 262 g/mol. The van der Waals surface area contributed by atoms with E-state index in [4.69, 9.17) is 4.74 Å². The van der Waals surface area contributed by atoms with Gasteiger partial charge in [0.25, 0.3) is 0 Å². The van der Waals surface area contributed by atoms with Gasteiger partial charge in [-0.05, 0) is 18.9 Å². The fraction of sp³-hybridized carbons (Fsp3) is 0.500. The van der Waals surface area contributed by atoms with Gasteiger partial charge in [-0.3, -0.25) is 4.99 Å². The van der Waals surface area contributed by atoms with Gasteiger partial charge in [0.15, 0.2) is 5.17 Å². The number of hydrogen-bond acceptors (Lipinski definition) is 4. The zero-order valence-electron chi connectivity index (χ0n) is 10.5. The summed E-state index contributed by atoms with van der Waals surface area (Å²) in [6.07, 6.45) is 1.38. The fourth-order valence-corrected chi connectivity index (χ4v) is 3.46. The fourth-order valence-electron chi connectivity index (χ4n) is 2.38. The van der Waals surface area contributed by atoms with Crippen LogP contribution in [0.3, 0.4) is 0 Å². The molecule has 0 aliphatic carbocycles. The maximum Gasteiger partial charge on any atom is 0.157 e. The molecule has 0 spiro atoms. The largest absolute Gasteiger partial charge is 0.376 e. The summed E-state index contributed by atoms with van der Waals surface area (Å²) in [5.74, 6) is 0. The lowest BCUT2D eigenvalue weighted by molar-refractivity contribution is 0.116. The molecule has 1 aromatic carbocycles. The Morgan fingerprint density at radius 3 is 2.89 bits per heavy atom. The summed E-state index contributed by atoms with van der Waals surface area (Å²) in [4.78, 5) is 4.60. The molecule has 2 aliphatic rings. The summed E-state index contributed by atoms with van der Waals surface area (Å²) in [5, 5.41) is 5.05. The van der Waals surface area contributed by atoms with Gasteiger partial charge in [-0.1, -0.05) is 42.1 Å². The molecule has 18 heavy (non-hydrogen) atoms. The van der Waals surface area contributed by atoms with E-state index in [9.17, 15) is 0 Å². The molecule has 1 N–H and O–H groups in total. The van der Waals surface area contributed by atoms with Crippen LogP contribution in [-0.2, 0) is 4.74 Å². The molecular weight excluding hydrogens is 244 g/mol. The Labute approximate surface area is 112 Å². The molecule has 0 bridgehead atoms. The van der Waals surface area contributed by atoms with Gasteiger partial charge in [-0.15, -0.1) is 0 Å². The van der Waals surface area contributed by atoms with Crippen molar-refractivity contribution in [3.05, 3.63) is 35.9 Å². The molecule has 3 rings (SSSR count). The molecule has 0 radical (unpaired) electrons. The van der Waals surface area contributed by atoms with Crippen LogP contribution in [0.15, 0.2) is 35.3 Å². The van der Waals surface area contributed by atoms with Gasteiger partial charge in [0, 0.05) is 6.61 Å². The number of ether oxygens (including phenoxy) is 1. The van der Waals surface area contributed by atoms with E-state index in [0.29, 0.717) is 17.4 Å². The highest BCUT2D eigenvalue weighted by atomic mass is 32.2. The molecule has 2 heterocycles. The van der Waals surface area contributed by atoms with Crippen molar-refractivity contribution in [3.63, 3.8) is 0 Å². The predicted octanol–water partition coefficient (Wildman–Crippen LogP) is 2.60. The molecular formula is C14H18N2OS. The molecule has 4 heteroatoms. The molecule has 3 unspecified atom stereocenters. The van der Waals surface area contributed by atoms with Gasteiger partial charge in [-0.25, -0.2) is 0 Å². The topological polar surface area (TPSA) is 33.6 Å². The number of aliphatic imine (C=N–C) groups is 1. The van der Waals surface area contributed by atoms with Crippen LogP contribution in [0.5, 0.6) is 0 Å². The van der Waals surface area contributed by atoms with E-state index in [-0.39, 0.29) is 0 Å². The Hall–Kier alpha value is -1.00. The smallest absolute Gasteiger partial charge is 0.157 e. The number of benzene rings is 1. The summed E-state index contributed by atoms with van der Waals surface area (Å²) in [6, 6.07) is 11.0. The van der Waals surface area contributed by atoms with Crippen molar-refractivity contribution in [2.75, 3.05) is 13.2 Å². The third kappa shape index (κ3) is 2.54. The summed E-state index contributed by atoms with van der Waals surface area (Å²) in [6.45, 7) is 3.86. The highest BCUT2D eigenvalue weighted by molar-refractivity contribution is 8.14. The second kappa shape index (κ2) is 5.33. The monoisotopic (exact) mass is 262 g/mol. The van der Waals surface area contributed by atoms with Crippen molar-refractivity contribution in [1.29, 1.82) is 0 Å². The molecule has 0 aromatic heterocycles. The molecule has 1 aromatic rings. The maximum atomic E-state index is 5.56. The first-order valence-corrected chi connectivity index (χ1v) is 7.35. The minimum absolute atomic E-state index is 0.295. The van der Waals surface area contributed by atoms with Crippen LogP contribution in [0.1, 0.15) is 24.2 Å². The van der Waals surface area contributed by atoms with Gasteiger partial charge in [0.2, 0.25) is 0 Å². The highest BCUT2D eigenvalue weighted by Crippen LogP contribution is 2.34. The normalized spacial score (nSPS) is 31.4. The van der Waals surface area contributed by atoms with Gasteiger partial charge < -0.3 is 10.1 Å². The summed E-state index contributed by atoms with van der Waals surface area (Å²) >= 11 is 1.84. The first-order chi connectivity index (χ1) is 8.83. The van der Waals surface area contributed by atoms with Gasteiger partial charge >= 0.3 is 0 Å². The Morgan fingerprint density at radius 2 is 2.17 bits per heavy atom. The molecule has 0 amide bonds. The lowest BCUT2D eigenvalue weighted by Crippen LogP contribution is -2.37. The Kier molecular flexibility index (Phi) is 3.57. The maximum absolute atomic E-state index is 5.56. The predicted molar refractivity (Wildman–Crippen MR) is 76.0 cm³/mol. The van der Waals surface area contributed by atoms with E-state index < -0.39 is 0 Å². The van der Waals surface area contributed by atoms with Crippen molar-refractivity contribution < 1.29 is 4.74 Å². The summed E-state index contributed by atoms with van der Waals surface area (Å²) in [7, 11) is 0. The molecule has 1 fully saturated rings. The van der Waals surface area contributed by atoms with Crippen LogP contribution in [0.4, 0.5) is 0 Å². The van der Waals surface area contributed by atoms with Crippen molar-refractivity contribution in [2.24, 2.45) is 4.99 Å². The summed E-state index contributed by atoms with van der Waals surface area (Å²) in [5.41, 5.74) is 1.36. The van der Waals surface area contributed by atoms with E-state index in [1.807, 2.05) is 11.8 Å². The minimum atomic E-state index is 0.295. The first-order valence-electron chi connectivity index (χ1n) is 6.47. The van der Waals surface area contributed by atoms with Crippen LogP contribution >= 0.6 is 11.8 Å².